The molecule has 2 atom stereocenters. The monoisotopic (exact) mass is 347 g/mol. The van der Waals surface area contributed by atoms with Crippen LogP contribution in [0.5, 0.6) is 11.5 Å². The van der Waals surface area contributed by atoms with Crippen molar-refractivity contribution in [3.8, 4) is 11.5 Å². The van der Waals surface area contributed by atoms with Crippen LogP contribution in [0, 0.1) is 5.92 Å². The zero-order valence-corrected chi connectivity index (χ0v) is 13.8. The number of carbonyl (C=O) groups excluding carboxylic acids is 1. The summed E-state index contributed by atoms with van der Waals surface area (Å²) in [6.07, 6.45) is 1.32. The second-order valence-electron chi connectivity index (χ2n) is 6.84. The van der Waals surface area contributed by atoms with Gasteiger partial charge in [0.25, 0.3) is 0 Å². The molecule has 0 aromatic heterocycles. The van der Waals surface area contributed by atoms with Crippen LogP contribution < -0.4 is 14.8 Å². The van der Waals surface area contributed by atoms with Crippen LogP contribution in [0.25, 0.3) is 0 Å². The van der Waals surface area contributed by atoms with E-state index in [2.05, 4.69) is 5.32 Å². The van der Waals surface area contributed by atoms with Crippen LogP contribution in [0.2, 0.25) is 0 Å². The van der Waals surface area contributed by atoms with Crippen LogP contribution in [0.15, 0.2) is 18.2 Å². The summed E-state index contributed by atoms with van der Waals surface area (Å²) in [6, 6.07) is 5.75. The average molecular weight is 347 g/mol. The fourth-order valence-corrected chi connectivity index (χ4v) is 3.58. The van der Waals surface area contributed by atoms with Crippen LogP contribution in [0.3, 0.4) is 0 Å². The van der Waals surface area contributed by atoms with Gasteiger partial charge in [0.1, 0.15) is 18.8 Å². The van der Waals surface area contributed by atoms with Crippen LogP contribution in [0.1, 0.15) is 30.7 Å². The van der Waals surface area contributed by atoms with Crippen LogP contribution in [0.4, 0.5) is 0 Å². The Hall–Kier alpha value is -2.28. The van der Waals surface area contributed by atoms with Gasteiger partial charge in [-0.1, -0.05) is 6.07 Å². The standard InChI is InChI=1S/C18H21NO6/c20-16(19-18(17(21)22)3-5-23-6-4-18)13-10-12(13)11-1-2-14-15(9-11)25-8-7-24-14/h1-2,9,12-13H,3-8,10H2,(H,19,20)(H,21,22). The molecule has 134 valence electrons. The third-order valence-corrected chi connectivity index (χ3v) is 5.24. The molecule has 1 saturated heterocycles. The lowest BCUT2D eigenvalue weighted by molar-refractivity contribution is -0.152. The molecule has 7 nitrogen and oxygen atoms in total. The number of carboxylic acids is 1. The smallest absolute Gasteiger partial charge is 0.329 e. The number of carboxylic acid groups (broad SMARTS) is 1. The van der Waals surface area contributed by atoms with E-state index >= 15 is 0 Å². The number of hydrogen-bond donors (Lipinski definition) is 2. The number of hydrogen-bond acceptors (Lipinski definition) is 5. The number of ether oxygens (including phenoxy) is 3. The Balaban J connectivity index is 1.44. The van der Waals surface area contributed by atoms with E-state index in [9.17, 15) is 14.7 Å². The van der Waals surface area contributed by atoms with Crippen LogP contribution in [-0.2, 0) is 14.3 Å². The highest BCUT2D eigenvalue weighted by molar-refractivity contribution is 5.90. The molecule has 1 aromatic rings. The van der Waals surface area contributed by atoms with Crippen molar-refractivity contribution in [1.29, 1.82) is 0 Å². The van der Waals surface area contributed by atoms with Crippen molar-refractivity contribution >= 4 is 11.9 Å². The van der Waals surface area contributed by atoms with E-state index in [1.165, 1.54) is 0 Å². The third kappa shape index (κ3) is 3.04. The Morgan fingerprint density at radius 3 is 2.52 bits per heavy atom. The molecule has 0 spiro atoms. The highest BCUT2D eigenvalue weighted by Gasteiger charge is 2.49. The number of carbonyl (C=O) groups is 2. The molecule has 2 N–H and O–H groups in total. The Bertz CT molecular complexity index is 697. The summed E-state index contributed by atoms with van der Waals surface area (Å²) in [6.45, 7) is 1.77. The predicted octanol–water partition coefficient (Wildman–Crippen LogP) is 1.31. The molecule has 2 fully saturated rings. The first kappa shape index (κ1) is 16.2. The van der Waals surface area contributed by atoms with E-state index in [4.69, 9.17) is 14.2 Å². The van der Waals surface area contributed by atoms with Gasteiger partial charge >= 0.3 is 5.97 Å². The van der Waals surface area contributed by atoms with Crippen molar-refractivity contribution in [2.24, 2.45) is 5.92 Å². The topological polar surface area (TPSA) is 94.1 Å². The van der Waals surface area contributed by atoms with E-state index in [0.717, 1.165) is 17.7 Å². The van der Waals surface area contributed by atoms with Crippen molar-refractivity contribution in [3.63, 3.8) is 0 Å². The molecular weight excluding hydrogens is 326 g/mol. The molecule has 2 aliphatic heterocycles. The van der Waals surface area contributed by atoms with Gasteiger partial charge in [0, 0.05) is 32.0 Å². The lowest BCUT2D eigenvalue weighted by atomic mass is 9.89. The Morgan fingerprint density at radius 2 is 1.80 bits per heavy atom. The van der Waals surface area contributed by atoms with Crippen molar-refractivity contribution < 1.29 is 28.9 Å². The minimum absolute atomic E-state index is 0.0986. The molecule has 1 saturated carbocycles. The van der Waals surface area contributed by atoms with Gasteiger partial charge in [0.2, 0.25) is 5.91 Å². The molecule has 1 amide bonds. The van der Waals surface area contributed by atoms with E-state index in [1.807, 2.05) is 18.2 Å². The summed E-state index contributed by atoms with van der Waals surface area (Å²) >= 11 is 0. The van der Waals surface area contributed by atoms with Gasteiger partial charge < -0.3 is 24.6 Å². The third-order valence-electron chi connectivity index (χ3n) is 5.24. The fraction of sp³-hybridized carbons (Fsp3) is 0.556. The van der Waals surface area contributed by atoms with Gasteiger partial charge in [0.05, 0.1) is 0 Å². The van der Waals surface area contributed by atoms with Crippen LogP contribution in [-0.4, -0.2) is 48.9 Å². The summed E-state index contributed by atoms with van der Waals surface area (Å²) in [7, 11) is 0. The summed E-state index contributed by atoms with van der Waals surface area (Å²) in [5.74, 6) is 0.165. The minimum atomic E-state index is -1.20. The molecule has 0 radical (unpaired) electrons. The first-order chi connectivity index (χ1) is 12.1. The second kappa shape index (κ2) is 6.22. The molecule has 1 aromatic carbocycles. The van der Waals surface area contributed by atoms with E-state index < -0.39 is 11.5 Å². The Morgan fingerprint density at radius 1 is 1.08 bits per heavy atom. The average Bonchev–Trinajstić information content (AvgIpc) is 3.43. The van der Waals surface area contributed by atoms with Gasteiger partial charge in [-0.3, -0.25) is 4.79 Å². The van der Waals surface area contributed by atoms with Gasteiger partial charge in [-0.05, 0) is 30.0 Å². The first-order valence-corrected chi connectivity index (χ1v) is 8.62. The second-order valence-corrected chi connectivity index (χ2v) is 6.84. The molecule has 1 aliphatic carbocycles. The van der Waals surface area contributed by atoms with Gasteiger partial charge in [0.15, 0.2) is 11.5 Å². The summed E-state index contributed by atoms with van der Waals surface area (Å²) < 4.78 is 16.3. The molecule has 7 heteroatoms. The Labute approximate surface area is 145 Å². The zero-order valence-electron chi connectivity index (χ0n) is 13.8. The normalized spacial score (nSPS) is 26.6. The largest absolute Gasteiger partial charge is 0.486 e. The van der Waals surface area contributed by atoms with Gasteiger partial charge in [-0.15, -0.1) is 0 Å². The molecule has 2 heterocycles. The highest BCUT2D eigenvalue weighted by Crippen LogP contribution is 2.49. The van der Waals surface area contributed by atoms with Gasteiger partial charge in [-0.25, -0.2) is 4.79 Å². The van der Waals surface area contributed by atoms with E-state index in [1.54, 1.807) is 0 Å². The molecule has 25 heavy (non-hydrogen) atoms. The minimum Gasteiger partial charge on any atom is -0.486 e. The molecule has 2 unspecified atom stereocenters. The van der Waals surface area contributed by atoms with Crippen molar-refractivity contribution in [3.05, 3.63) is 23.8 Å². The Kier molecular flexibility index (Phi) is 4.03. The molecule has 0 bridgehead atoms. The highest BCUT2D eigenvalue weighted by atomic mass is 16.6. The number of benzene rings is 1. The number of aliphatic carboxylic acids is 1. The predicted molar refractivity (Wildman–Crippen MR) is 86.8 cm³/mol. The number of fused-ring (bicyclic) bond motifs is 1. The maximum Gasteiger partial charge on any atom is 0.329 e. The van der Waals surface area contributed by atoms with Crippen molar-refractivity contribution in [1.82, 2.24) is 5.32 Å². The number of amides is 1. The van der Waals surface area contributed by atoms with Crippen LogP contribution >= 0.6 is 0 Å². The fourth-order valence-electron chi connectivity index (χ4n) is 3.58. The molecule has 3 aliphatic rings. The summed E-state index contributed by atoms with van der Waals surface area (Å²) in [4.78, 5) is 24.3. The first-order valence-electron chi connectivity index (χ1n) is 8.62. The van der Waals surface area contributed by atoms with Crippen molar-refractivity contribution in [2.45, 2.75) is 30.7 Å². The van der Waals surface area contributed by atoms with Gasteiger partial charge in [-0.2, -0.15) is 0 Å². The quantitative estimate of drug-likeness (QED) is 0.853. The maximum absolute atomic E-state index is 12.6. The summed E-state index contributed by atoms with van der Waals surface area (Å²) in [5.41, 5.74) is -0.171. The van der Waals surface area contributed by atoms with E-state index in [-0.39, 0.29) is 17.7 Å². The van der Waals surface area contributed by atoms with Crippen molar-refractivity contribution in [2.75, 3.05) is 26.4 Å². The number of rotatable bonds is 4. The lowest BCUT2D eigenvalue weighted by Crippen LogP contribution is -2.57. The summed E-state index contributed by atoms with van der Waals surface area (Å²) in [5, 5.41) is 12.3. The molecule has 4 rings (SSSR count). The number of nitrogens with one attached hydrogen (secondary N) is 1. The van der Waals surface area contributed by atoms with E-state index in [0.29, 0.717) is 45.0 Å². The SMILES string of the molecule is O=C(NC1(C(=O)O)CCOCC1)C1CC1c1ccc2c(c1)OCCO2. The lowest BCUT2D eigenvalue weighted by Gasteiger charge is -2.34. The zero-order chi connectivity index (χ0) is 17.4. The molecular formula is C18H21NO6. The maximum atomic E-state index is 12.6.